The summed E-state index contributed by atoms with van der Waals surface area (Å²) in [6.45, 7) is 1.65. The molecule has 2 heteroatoms. The van der Waals surface area contributed by atoms with Crippen molar-refractivity contribution < 1.29 is 4.39 Å². The average molecular weight is 161 g/mol. The minimum absolute atomic E-state index is 0.299. The Hall–Kier alpha value is -1.62. The van der Waals surface area contributed by atoms with Gasteiger partial charge in [-0.25, -0.2) is 4.39 Å². The Balaban J connectivity index is 3.06. The van der Waals surface area contributed by atoms with E-state index in [0.29, 0.717) is 11.1 Å². The second-order valence-electron chi connectivity index (χ2n) is 2.46. The summed E-state index contributed by atoms with van der Waals surface area (Å²) in [6.07, 6.45) is 1.52. The summed E-state index contributed by atoms with van der Waals surface area (Å²) in [4.78, 5) is 0. The molecule has 1 rings (SSSR count). The number of rotatable bonds is 1. The molecule has 0 saturated heterocycles. The fraction of sp³-hybridized carbons (Fsp3) is 0.100. The quantitative estimate of drug-likeness (QED) is 0.581. The van der Waals surface area contributed by atoms with Crippen LogP contribution in [0, 0.1) is 17.1 Å². The number of allylic oxidation sites excluding steroid dienone is 1. The van der Waals surface area contributed by atoms with E-state index in [1.54, 1.807) is 25.1 Å². The molecule has 0 N–H and O–H groups in total. The Kier molecular flexibility index (Phi) is 2.60. The van der Waals surface area contributed by atoms with Gasteiger partial charge in [-0.2, -0.15) is 5.26 Å². The van der Waals surface area contributed by atoms with Crippen LogP contribution in [0.1, 0.15) is 12.5 Å². The number of nitrogens with zero attached hydrogens (tertiary/aromatic N) is 1. The molecule has 0 bridgehead atoms. The standard InChI is InChI=1S/C10H8FN/c1-8(7-12)6-9-4-2-3-5-10(9)11/h2-6H,1H3/b8-6-. The zero-order valence-corrected chi connectivity index (χ0v) is 6.71. The van der Waals surface area contributed by atoms with Crippen molar-refractivity contribution in [3.63, 3.8) is 0 Å². The number of nitriles is 1. The van der Waals surface area contributed by atoms with Gasteiger partial charge in [0.15, 0.2) is 0 Å². The van der Waals surface area contributed by atoms with Gasteiger partial charge in [-0.1, -0.05) is 18.2 Å². The van der Waals surface area contributed by atoms with Crippen LogP contribution in [0.2, 0.25) is 0 Å². The maximum absolute atomic E-state index is 12.9. The van der Waals surface area contributed by atoms with Crippen LogP contribution in [-0.2, 0) is 0 Å². The molecule has 0 saturated carbocycles. The molecule has 0 atom stereocenters. The topological polar surface area (TPSA) is 23.8 Å². The van der Waals surface area contributed by atoms with Crippen molar-refractivity contribution in [3.05, 3.63) is 41.2 Å². The summed E-state index contributed by atoms with van der Waals surface area (Å²) < 4.78 is 12.9. The Bertz CT molecular complexity index is 347. The van der Waals surface area contributed by atoms with E-state index in [-0.39, 0.29) is 5.82 Å². The Morgan fingerprint density at radius 2 is 2.17 bits per heavy atom. The van der Waals surface area contributed by atoms with Crippen molar-refractivity contribution in [2.24, 2.45) is 0 Å². The van der Waals surface area contributed by atoms with Gasteiger partial charge in [0.25, 0.3) is 0 Å². The zero-order valence-electron chi connectivity index (χ0n) is 6.71. The van der Waals surface area contributed by atoms with Crippen molar-refractivity contribution in [1.82, 2.24) is 0 Å². The van der Waals surface area contributed by atoms with E-state index in [4.69, 9.17) is 5.26 Å². The number of halogens is 1. The van der Waals surface area contributed by atoms with E-state index in [1.165, 1.54) is 12.1 Å². The number of hydrogen-bond acceptors (Lipinski definition) is 1. The van der Waals surface area contributed by atoms with Gasteiger partial charge in [0.2, 0.25) is 0 Å². The van der Waals surface area contributed by atoms with E-state index in [1.807, 2.05) is 6.07 Å². The molecule has 0 radical (unpaired) electrons. The molecule has 0 amide bonds. The second-order valence-corrected chi connectivity index (χ2v) is 2.46. The molecule has 0 spiro atoms. The molecular formula is C10H8FN. The smallest absolute Gasteiger partial charge is 0.130 e. The molecule has 0 aliphatic heterocycles. The Morgan fingerprint density at radius 3 is 2.75 bits per heavy atom. The van der Waals surface area contributed by atoms with Crippen LogP contribution in [0.25, 0.3) is 6.08 Å². The molecule has 60 valence electrons. The van der Waals surface area contributed by atoms with Gasteiger partial charge in [0.1, 0.15) is 5.82 Å². The van der Waals surface area contributed by atoms with Crippen molar-refractivity contribution in [3.8, 4) is 6.07 Å². The number of hydrogen-bond donors (Lipinski definition) is 0. The summed E-state index contributed by atoms with van der Waals surface area (Å²) in [5.74, 6) is -0.299. The molecule has 1 aromatic rings. The molecule has 0 fully saturated rings. The van der Waals surface area contributed by atoms with Gasteiger partial charge in [0.05, 0.1) is 6.07 Å². The van der Waals surface area contributed by atoms with Gasteiger partial charge < -0.3 is 0 Å². The third kappa shape index (κ3) is 1.93. The summed E-state index contributed by atoms with van der Waals surface area (Å²) >= 11 is 0. The van der Waals surface area contributed by atoms with Crippen LogP contribution in [0.5, 0.6) is 0 Å². The van der Waals surface area contributed by atoms with E-state index in [9.17, 15) is 4.39 Å². The monoisotopic (exact) mass is 161 g/mol. The lowest BCUT2D eigenvalue weighted by atomic mass is 10.1. The maximum Gasteiger partial charge on any atom is 0.130 e. The molecule has 12 heavy (non-hydrogen) atoms. The highest BCUT2D eigenvalue weighted by Crippen LogP contribution is 2.10. The van der Waals surface area contributed by atoms with Gasteiger partial charge in [-0.05, 0) is 19.1 Å². The van der Waals surface area contributed by atoms with Gasteiger partial charge in [-0.3, -0.25) is 0 Å². The lowest BCUT2D eigenvalue weighted by Crippen LogP contribution is -1.80. The van der Waals surface area contributed by atoms with Gasteiger partial charge in [-0.15, -0.1) is 0 Å². The SMILES string of the molecule is C/C(C#N)=C/c1ccccc1F. The minimum atomic E-state index is -0.299. The maximum atomic E-state index is 12.9. The Labute approximate surface area is 70.8 Å². The highest BCUT2D eigenvalue weighted by molar-refractivity contribution is 5.56. The van der Waals surface area contributed by atoms with E-state index in [2.05, 4.69) is 0 Å². The summed E-state index contributed by atoms with van der Waals surface area (Å²) in [5, 5.41) is 8.45. The first-order chi connectivity index (χ1) is 5.74. The summed E-state index contributed by atoms with van der Waals surface area (Å²) in [7, 11) is 0. The third-order valence-corrected chi connectivity index (χ3v) is 1.45. The largest absolute Gasteiger partial charge is 0.206 e. The fourth-order valence-corrected chi connectivity index (χ4v) is 0.858. The van der Waals surface area contributed by atoms with E-state index >= 15 is 0 Å². The van der Waals surface area contributed by atoms with Crippen LogP contribution < -0.4 is 0 Å². The van der Waals surface area contributed by atoms with Crippen molar-refractivity contribution in [1.29, 1.82) is 5.26 Å². The molecule has 1 nitrogen and oxygen atoms in total. The van der Waals surface area contributed by atoms with Crippen LogP contribution in [-0.4, -0.2) is 0 Å². The average Bonchev–Trinajstić information content (AvgIpc) is 2.09. The third-order valence-electron chi connectivity index (χ3n) is 1.45. The predicted molar refractivity (Wildman–Crippen MR) is 45.7 cm³/mol. The zero-order chi connectivity index (χ0) is 8.97. The van der Waals surface area contributed by atoms with Gasteiger partial charge >= 0.3 is 0 Å². The molecule has 0 unspecified atom stereocenters. The normalized spacial score (nSPS) is 10.9. The van der Waals surface area contributed by atoms with Crippen LogP contribution in [0.3, 0.4) is 0 Å². The minimum Gasteiger partial charge on any atom is -0.206 e. The van der Waals surface area contributed by atoms with Crippen LogP contribution >= 0.6 is 0 Å². The fourth-order valence-electron chi connectivity index (χ4n) is 0.858. The first-order valence-electron chi connectivity index (χ1n) is 3.57. The summed E-state index contributed by atoms with van der Waals surface area (Å²) in [5.41, 5.74) is 0.955. The molecule has 0 aromatic heterocycles. The predicted octanol–water partition coefficient (Wildman–Crippen LogP) is 2.75. The molecular weight excluding hydrogens is 153 g/mol. The second kappa shape index (κ2) is 3.68. The summed E-state index contributed by atoms with van der Waals surface area (Å²) in [6, 6.07) is 8.30. The first kappa shape index (κ1) is 8.48. The van der Waals surface area contributed by atoms with E-state index in [0.717, 1.165) is 0 Å². The lowest BCUT2D eigenvalue weighted by molar-refractivity contribution is 0.625. The molecule has 0 aliphatic carbocycles. The van der Waals surface area contributed by atoms with Crippen LogP contribution in [0.4, 0.5) is 4.39 Å². The highest BCUT2D eigenvalue weighted by Gasteiger charge is 1.96. The van der Waals surface area contributed by atoms with Gasteiger partial charge in [0, 0.05) is 11.1 Å². The van der Waals surface area contributed by atoms with E-state index < -0.39 is 0 Å². The van der Waals surface area contributed by atoms with Crippen molar-refractivity contribution >= 4 is 6.08 Å². The lowest BCUT2D eigenvalue weighted by Gasteiger charge is -1.94. The van der Waals surface area contributed by atoms with Crippen LogP contribution in [0.15, 0.2) is 29.8 Å². The highest BCUT2D eigenvalue weighted by atomic mass is 19.1. The molecule has 0 heterocycles. The first-order valence-corrected chi connectivity index (χ1v) is 3.57. The Morgan fingerprint density at radius 1 is 1.50 bits per heavy atom. The molecule has 0 aliphatic rings. The van der Waals surface area contributed by atoms with Crippen molar-refractivity contribution in [2.45, 2.75) is 6.92 Å². The number of benzene rings is 1. The molecule has 1 aromatic carbocycles. The van der Waals surface area contributed by atoms with Crippen molar-refractivity contribution in [2.75, 3.05) is 0 Å².